The molecule has 1 saturated carbocycles. The van der Waals surface area contributed by atoms with Gasteiger partial charge in [0.25, 0.3) is 0 Å². The van der Waals surface area contributed by atoms with Crippen molar-refractivity contribution in [2.24, 2.45) is 17.3 Å². The average molecular weight is 432 g/mol. The van der Waals surface area contributed by atoms with Gasteiger partial charge in [0.05, 0.1) is 19.2 Å². The number of nitrogens with zero attached hydrogens (tertiary/aromatic N) is 1. The van der Waals surface area contributed by atoms with Gasteiger partial charge in [-0.25, -0.2) is 0 Å². The van der Waals surface area contributed by atoms with Gasteiger partial charge in [-0.05, 0) is 23.8 Å². The Hall–Kier alpha value is -1.13. The zero-order valence-electron chi connectivity index (χ0n) is 20.5. The van der Waals surface area contributed by atoms with Gasteiger partial charge in [0.15, 0.2) is 0 Å². The number of unbranched alkanes of at least 4 members (excludes halogenated alkanes) is 4. The third kappa shape index (κ3) is 4.70. The van der Waals surface area contributed by atoms with Crippen LogP contribution in [0.1, 0.15) is 70.8 Å². The van der Waals surface area contributed by atoms with Crippen LogP contribution >= 0.6 is 0 Å². The second-order valence-corrected chi connectivity index (χ2v) is 16.0. The highest BCUT2D eigenvalue weighted by atomic mass is 28.3. The summed E-state index contributed by atoms with van der Waals surface area (Å²) in [6.07, 6.45) is 9.19. The number of carbonyl (C=O) groups excluding carboxylic acids is 1. The zero-order chi connectivity index (χ0) is 22.6. The van der Waals surface area contributed by atoms with Crippen LogP contribution in [-0.4, -0.2) is 38.1 Å². The van der Waals surface area contributed by atoms with Crippen molar-refractivity contribution in [1.29, 1.82) is 0 Å². The third-order valence-corrected chi connectivity index (χ3v) is 10.4. The maximum atomic E-state index is 13.4. The summed E-state index contributed by atoms with van der Waals surface area (Å²) in [6, 6.07) is 10.2. The number of carbonyl (C=O) groups is 1. The molecule has 1 aromatic carbocycles. The predicted molar refractivity (Wildman–Crippen MR) is 130 cm³/mol. The largest absolute Gasteiger partial charge is 0.388 e. The first-order valence-electron chi connectivity index (χ1n) is 12.1. The first-order valence-corrected chi connectivity index (χ1v) is 15.6. The lowest BCUT2D eigenvalue weighted by Crippen LogP contribution is -2.53. The maximum Gasteiger partial charge on any atom is 0.226 e. The molecule has 170 valence electrons. The van der Waals surface area contributed by atoms with Crippen molar-refractivity contribution in [3.8, 4) is 0 Å². The molecule has 30 heavy (non-hydrogen) atoms. The summed E-state index contributed by atoms with van der Waals surface area (Å²) in [5.74, 6) is 0.152. The van der Waals surface area contributed by atoms with Crippen LogP contribution in [0.5, 0.6) is 0 Å². The molecule has 1 N–H and O–H groups in total. The molecule has 1 aromatic rings. The van der Waals surface area contributed by atoms with E-state index in [4.69, 9.17) is 0 Å². The molecule has 4 heteroatoms. The zero-order valence-corrected chi connectivity index (χ0v) is 21.5. The van der Waals surface area contributed by atoms with E-state index >= 15 is 0 Å². The first-order chi connectivity index (χ1) is 14.1. The SMILES string of the molecule is CCCCCC[C@]1(CCCC)[C@H]([C@@](O)(c2ccccc2)[Si](C)(C)C)[C@@H]1C(=O)N(C)C. The summed E-state index contributed by atoms with van der Waals surface area (Å²) >= 11 is 0. The Bertz CT molecular complexity index is 684. The summed E-state index contributed by atoms with van der Waals surface area (Å²) in [5.41, 5.74) is 0.938. The maximum absolute atomic E-state index is 13.4. The van der Waals surface area contributed by atoms with E-state index in [0.29, 0.717) is 0 Å². The Kier molecular flexibility index (Phi) is 8.37. The van der Waals surface area contributed by atoms with Crippen LogP contribution in [0.4, 0.5) is 0 Å². The Balaban J connectivity index is 2.55. The van der Waals surface area contributed by atoms with Gasteiger partial charge in [-0.2, -0.15) is 0 Å². The molecule has 1 aliphatic rings. The van der Waals surface area contributed by atoms with E-state index < -0.39 is 13.3 Å². The highest BCUT2D eigenvalue weighted by Crippen LogP contribution is 2.72. The van der Waals surface area contributed by atoms with Crippen molar-refractivity contribution in [2.45, 2.75) is 90.1 Å². The number of benzene rings is 1. The van der Waals surface area contributed by atoms with Gasteiger partial charge < -0.3 is 10.0 Å². The molecule has 0 heterocycles. The van der Waals surface area contributed by atoms with Crippen molar-refractivity contribution in [1.82, 2.24) is 4.90 Å². The lowest BCUT2D eigenvalue weighted by Gasteiger charge is -2.42. The monoisotopic (exact) mass is 431 g/mol. The van der Waals surface area contributed by atoms with E-state index in [1.807, 2.05) is 32.3 Å². The molecular formula is C26H45NO2Si. The Morgan fingerprint density at radius 1 is 1.00 bits per heavy atom. The molecule has 4 atom stereocenters. The number of hydrogen-bond acceptors (Lipinski definition) is 2. The normalized spacial score (nSPS) is 25.6. The van der Waals surface area contributed by atoms with Gasteiger partial charge in [-0.1, -0.05) is 102 Å². The molecule has 1 fully saturated rings. The highest BCUT2D eigenvalue weighted by molar-refractivity contribution is 6.78. The summed E-state index contributed by atoms with van der Waals surface area (Å²) in [5, 5.41) is 11.6. The minimum atomic E-state index is -2.07. The molecule has 0 spiro atoms. The highest BCUT2D eigenvalue weighted by Gasteiger charge is 2.75. The minimum absolute atomic E-state index is 0.0159. The molecule has 0 unspecified atom stereocenters. The van der Waals surface area contributed by atoms with Crippen LogP contribution in [0.15, 0.2) is 30.3 Å². The summed E-state index contributed by atoms with van der Waals surface area (Å²) in [7, 11) is 1.67. The second kappa shape index (κ2) is 9.99. The van der Waals surface area contributed by atoms with Gasteiger partial charge in [-0.15, -0.1) is 0 Å². The van der Waals surface area contributed by atoms with Gasteiger partial charge in [0.2, 0.25) is 5.91 Å². The lowest BCUT2D eigenvalue weighted by molar-refractivity contribution is -0.131. The number of amides is 1. The van der Waals surface area contributed by atoms with Crippen LogP contribution in [0, 0.1) is 17.3 Å². The average Bonchev–Trinajstić information content (AvgIpc) is 3.36. The van der Waals surface area contributed by atoms with Crippen molar-refractivity contribution in [3.05, 3.63) is 35.9 Å². The van der Waals surface area contributed by atoms with Crippen LogP contribution in [0.2, 0.25) is 19.6 Å². The van der Waals surface area contributed by atoms with Crippen molar-refractivity contribution in [2.75, 3.05) is 14.1 Å². The van der Waals surface area contributed by atoms with Gasteiger partial charge in [0, 0.05) is 20.0 Å². The number of rotatable bonds is 12. The molecular weight excluding hydrogens is 386 g/mol. The Labute approximate surface area is 186 Å². The Morgan fingerprint density at radius 3 is 2.07 bits per heavy atom. The second-order valence-electron chi connectivity index (χ2n) is 10.7. The van der Waals surface area contributed by atoms with Crippen molar-refractivity contribution in [3.63, 3.8) is 0 Å². The topological polar surface area (TPSA) is 40.5 Å². The molecule has 3 nitrogen and oxygen atoms in total. The minimum Gasteiger partial charge on any atom is -0.388 e. The summed E-state index contributed by atoms with van der Waals surface area (Å²) in [6.45, 7) is 11.3. The van der Waals surface area contributed by atoms with E-state index in [1.54, 1.807) is 4.90 Å². The molecule has 0 radical (unpaired) electrons. The number of hydrogen-bond donors (Lipinski definition) is 1. The molecule has 0 saturated heterocycles. The summed E-state index contributed by atoms with van der Waals surface area (Å²) in [4.78, 5) is 15.2. The smallest absolute Gasteiger partial charge is 0.226 e. The fourth-order valence-corrected chi connectivity index (χ4v) is 8.14. The molecule has 1 aliphatic carbocycles. The fraction of sp³-hybridized carbons (Fsp3) is 0.731. The predicted octanol–water partition coefficient (Wildman–Crippen LogP) is 6.23. The Morgan fingerprint density at radius 2 is 1.57 bits per heavy atom. The van der Waals surface area contributed by atoms with Crippen LogP contribution in [-0.2, 0) is 10.0 Å². The van der Waals surface area contributed by atoms with E-state index in [1.165, 1.54) is 19.3 Å². The molecule has 2 rings (SSSR count). The standard InChI is InChI=1S/C26H45NO2Si/c1-8-10-12-16-20-25(19-11-9-2)22(24(28)27(3)4)23(25)26(29,30(5,6)7)21-17-14-13-15-18-21/h13-15,17-18,22-23,29H,8-12,16,19-20H2,1-7H3/t22-,23-,25+,26-/m1/s1. The number of aliphatic hydroxyl groups is 1. The van der Waals surface area contributed by atoms with Gasteiger partial charge in [0.1, 0.15) is 0 Å². The molecule has 0 bridgehead atoms. The van der Waals surface area contributed by atoms with E-state index in [9.17, 15) is 9.90 Å². The first kappa shape index (κ1) is 25.1. The molecule has 0 aliphatic heterocycles. The van der Waals surface area contributed by atoms with Crippen molar-refractivity contribution < 1.29 is 9.90 Å². The summed E-state index contributed by atoms with van der Waals surface area (Å²) < 4.78 is 0. The van der Waals surface area contributed by atoms with E-state index in [0.717, 1.165) is 37.7 Å². The quantitative estimate of drug-likeness (QED) is 0.315. The van der Waals surface area contributed by atoms with Crippen LogP contribution < -0.4 is 0 Å². The van der Waals surface area contributed by atoms with Gasteiger partial charge >= 0.3 is 0 Å². The van der Waals surface area contributed by atoms with Crippen LogP contribution in [0.3, 0.4) is 0 Å². The van der Waals surface area contributed by atoms with E-state index in [2.05, 4.69) is 45.6 Å². The molecule has 0 aromatic heterocycles. The van der Waals surface area contributed by atoms with E-state index in [-0.39, 0.29) is 23.2 Å². The third-order valence-electron chi connectivity index (χ3n) is 7.47. The lowest BCUT2D eigenvalue weighted by atomic mass is 9.86. The van der Waals surface area contributed by atoms with Crippen molar-refractivity contribution >= 4 is 14.0 Å². The fourth-order valence-electron chi connectivity index (χ4n) is 5.72. The van der Waals surface area contributed by atoms with Crippen LogP contribution in [0.25, 0.3) is 0 Å². The molecule has 1 amide bonds. The van der Waals surface area contributed by atoms with Gasteiger partial charge in [-0.3, -0.25) is 4.79 Å².